The Balaban J connectivity index is 1.57. The summed E-state index contributed by atoms with van der Waals surface area (Å²) in [5.41, 5.74) is 2.55. The van der Waals surface area contributed by atoms with Gasteiger partial charge in [0.25, 0.3) is 0 Å². The molecule has 0 radical (unpaired) electrons. The first kappa shape index (κ1) is 16.5. The van der Waals surface area contributed by atoms with Crippen molar-refractivity contribution in [2.24, 2.45) is 0 Å². The Bertz CT molecular complexity index is 1160. The van der Waals surface area contributed by atoms with Gasteiger partial charge in [-0.2, -0.15) is 0 Å². The van der Waals surface area contributed by atoms with E-state index in [1.54, 1.807) is 6.07 Å². The Labute approximate surface area is 160 Å². The van der Waals surface area contributed by atoms with E-state index < -0.39 is 0 Å². The molecule has 1 aliphatic rings. The number of aromatic nitrogens is 1. The SMILES string of the molecule is C[C@@H]1CN(c2ccc3oc(-c4nc5ccccc5s4)cc(=O)c3c2)CCN1. The molecule has 2 aromatic heterocycles. The van der Waals surface area contributed by atoms with E-state index in [-0.39, 0.29) is 5.43 Å². The minimum atomic E-state index is -0.0319. The summed E-state index contributed by atoms with van der Waals surface area (Å²) in [6.45, 7) is 4.99. The molecule has 1 N–H and O–H groups in total. The highest BCUT2D eigenvalue weighted by Crippen LogP contribution is 2.31. The molecule has 5 nitrogen and oxygen atoms in total. The summed E-state index contributed by atoms with van der Waals surface area (Å²) in [5, 5.41) is 4.79. The van der Waals surface area contributed by atoms with Gasteiger partial charge in [-0.1, -0.05) is 12.1 Å². The van der Waals surface area contributed by atoms with Crippen LogP contribution in [0.3, 0.4) is 0 Å². The van der Waals surface area contributed by atoms with E-state index in [0.29, 0.717) is 22.8 Å². The molecule has 5 rings (SSSR count). The zero-order valence-electron chi connectivity index (χ0n) is 14.9. The van der Waals surface area contributed by atoms with Crippen LogP contribution < -0.4 is 15.6 Å². The summed E-state index contributed by atoms with van der Waals surface area (Å²) in [6, 6.07) is 15.8. The van der Waals surface area contributed by atoms with Crippen LogP contribution >= 0.6 is 11.3 Å². The molecule has 0 aliphatic carbocycles. The van der Waals surface area contributed by atoms with Crippen LogP contribution in [0.25, 0.3) is 32.0 Å². The second kappa shape index (κ2) is 6.48. The van der Waals surface area contributed by atoms with Crippen molar-refractivity contribution in [3.05, 3.63) is 58.8 Å². The molecule has 0 saturated carbocycles. The largest absolute Gasteiger partial charge is 0.453 e. The van der Waals surface area contributed by atoms with Gasteiger partial charge in [0.15, 0.2) is 16.2 Å². The molecule has 6 heteroatoms. The number of nitrogens with one attached hydrogen (secondary N) is 1. The van der Waals surface area contributed by atoms with Crippen LogP contribution in [0.2, 0.25) is 0 Å². The molecule has 27 heavy (non-hydrogen) atoms. The Morgan fingerprint density at radius 3 is 2.96 bits per heavy atom. The average molecular weight is 377 g/mol. The highest BCUT2D eigenvalue weighted by atomic mass is 32.1. The monoisotopic (exact) mass is 377 g/mol. The fourth-order valence-electron chi connectivity index (χ4n) is 3.59. The lowest BCUT2D eigenvalue weighted by Crippen LogP contribution is -2.49. The number of para-hydroxylation sites is 1. The number of fused-ring (bicyclic) bond motifs is 2. The van der Waals surface area contributed by atoms with Crippen LogP contribution in [0, 0.1) is 0 Å². The molecule has 1 fully saturated rings. The van der Waals surface area contributed by atoms with E-state index in [1.807, 2.05) is 42.5 Å². The number of piperazine rings is 1. The van der Waals surface area contributed by atoms with Crippen molar-refractivity contribution in [3.63, 3.8) is 0 Å². The average Bonchev–Trinajstić information content (AvgIpc) is 3.12. The maximum Gasteiger partial charge on any atom is 0.193 e. The van der Waals surface area contributed by atoms with Crippen molar-refractivity contribution in [1.82, 2.24) is 10.3 Å². The van der Waals surface area contributed by atoms with Crippen molar-refractivity contribution in [3.8, 4) is 10.8 Å². The lowest BCUT2D eigenvalue weighted by atomic mass is 10.1. The van der Waals surface area contributed by atoms with Gasteiger partial charge in [0, 0.05) is 37.4 Å². The molecule has 4 aromatic rings. The molecule has 0 amide bonds. The lowest BCUT2D eigenvalue weighted by Gasteiger charge is -2.33. The highest BCUT2D eigenvalue weighted by molar-refractivity contribution is 7.21. The van der Waals surface area contributed by atoms with Crippen LogP contribution in [-0.4, -0.2) is 30.7 Å². The number of hydrogen-bond acceptors (Lipinski definition) is 6. The van der Waals surface area contributed by atoms with Crippen LogP contribution in [0.5, 0.6) is 0 Å². The maximum absolute atomic E-state index is 12.8. The molecule has 3 heterocycles. The zero-order chi connectivity index (χ0) is 18.4. The predicted octanol–water partition coefficient (Wildman–Crippen LogP) is 3.87. The molecule has 2 aromatic carbocycles. The minimum Gasteiger partial charge on any atom is -0.453 e. The van der Waals surface area contributed by atoms with Gasteiger partial charge in [0.1, 0.15) is 5.58 Å². The van der Waals surface area contributed by atoms with Gasteiger partial charge < -0.3 is 14.6 Å². The van der Waals surface area contributed by atoms with Crippen molar-refractivity contribution < 1.29 is 4.42 Å². The van der Waals surface area contributed by atoms with Gasteiger partial charge in [0.05, 0.1) is 15.6 Å². The first-order valence-corrected chi connectivity index (χ1v) is 9.91. The van der Waals surface area contributed by atoms with Crippen molar-refractivity contribution in [2.45, 2.75) is 13.0 Å². The Kier molecular flexibility index (Phi) is 3.95. The van der Waals surface area contributed by atoms with Gasteiger partial charge in [-0.25, -0.2) is 4.98 Å². The summed E-state index contributed by atoms with van der Waals surface area (Å²) < 4.78 is 7.12. The highest BCUT2D eigenvalue weighted by Gasteiger charge is 2.17. The predicted molar refractivity (Wildman–Crippen MR) is 111 cm³/mol. The van der Waals surface area contributed by atoms with Gasteiger partial charge in [-0.3, -0.25) is 4.79 Å². The van der Waals surface area contributed by atoms with Gasteiger partial charge in [-0.15, -0.1) is 11.3 Å². The molecule has 1 atom stereocenters. The van der Waals surface area contributed by atoms with Crippen LogP contribution in [0.1, 0.15) is 6.92 Å². The third kappa shape index (κ3) is 3.01. The standard InChI is InChI=1S/C21H19N3O2S/c1-13-12-24(9-8-22-13)14-6-7-18-15(10-14)17(25)11-19(26-18)21-23-16-4-2-3-5-20(16)27-21/h2-7,10-11,13,22H,8-9,12H2,1H3/t13-/m1/s1. The van der Waals surface area contributed by atoms with Crippen molar-refractivity contribution in [1.29, 1.82) is 0 Å². The quantitative estimate of drug-likeness (QED) is 0.575. The number of benzene rings is 2. The summed E-state index contributed by atoms with van der Waals surface area (Å²) >= 11 is 1.53. The Morgan fingerprint density at radius 1 is 1.22 bits per heavy atom. The smallest absolute Gasteiger partial charge is 0.193 e. The lowest BCUT2D eigenvalue weighted by molar-refractivity contribution is 0.485. The minimum absolute atomic E-state index is 0.0319. The second-order valence-electron chi connectivity index (χ2n) is 6.94. The number of hydrogen-bond donors (Lipinski definition) is 1. The van der Waals surface area contributed by atoms with Crippen LogP contribution in [0.4, 0.5) is 5.69 Å². The molecule has 1 aliphatic heterocycles. The van der Waals surface area contributed by atoms with E-state index in [0.717, 1.165) is 40.5 Å². The molecule has 0 spiro atoms. The molecular weight excluding hydrogens is 358 g/mol. The third-order valence-corrected chi connectivity index (χ3v) is 6.00. The zero-order valence-corrected chi connectivity index (χ0v) is 15.8. The van der Waals surface area contributed by atoms with E-state index in [2.05, 4.69) is 22.1 Å². The van der Waals surface area contributed by atoms with Crippen molar-refractivity contribution >= 4 is 38.2 Å². The Morgan fingerprint density at radius 2 is 2.11 bits per heavy atom. The summed E-state index contributed by atoms with van der Waals surface area (Å²) in [7, 11) is 0. The molecule has 0 unspecified atom stereocenters. The maximum atomic E-state index is 12.8. The fraction of sp³-hybridized carbons (Fsp3) is 0.238. The number of rotatable bonds is 2. The van der Waals surface area contributed by atoms with E-state index in [9.17, 15) is 4.79 Å². The molecule has 136 valence electrons. The van der Waals surface area contributed by atoms with Crippen LogP contribution in [0.15, 0.2) is 57.7 Å². The first-order valence-electron chi connectivity index (χ1n) is 9.09. The molecule has 0 bridgehead atoms. The van der Waals surface area contributed by atoms with Gasteiger partial charge >= 0.3 is 0 Å². The number of thiazole rings is 1. The normalized spacial score (nSPS) is 17.7. The third-order valence-electron chi connectivity index (χ3n) is 4.95. The van der Waals surface area contributed by atoms with Gasteiger partial charge in [0.2, 0.25) is 0 Å². The summed E-state index contributed by atoms with van der Waals surface area (Å²) in [5.74, 6) is 0.525. The summed E-state index contributed by atoms with van der Waals surface area (Å²) in [6.07, 6.45) is 0. The molecule has 1 saturated heterocycles. The van der Waals surface area contributed by atoms with Gasteiger partial charge in [-0.05, 0) is 37.3 Å². The van der Waals surface area contributed by atoms with Crippen molar-refractivity contribution in [2.75, 3.05) is 24.5 Å². The first-order chi connectivity index (χ1) is 13.2. The number of nitrogens with zero attached hydrogens (tertiary/aromatic N) is 2. The van der Waals surface area contributed by atoms with E-state index in [1.165, 1.54) is 11.3 Å². The number of anilines is 1. The topological polar surface area (TPSA) is 58.4 Å². The second-order valence-corrected chi connectivity index (χ2v) is 7.97. The fourth-order valence-corrected chi connectivity index (χ4v) is 4.51. The van der Waals surface area contributed by atoms with Crippen LogP contribution in [-0.2, 0) is 0 Å². The van der Waals surface area contributed by atoms with E-state index in [4.69, 9.17) is 4.42 Å². The summed E-state index contributed by atoms with van der Waals surface area (Å²) in [4.78, 5) is 19.7. The molecular formula is C21H19N3O2S. The van der Waals surface area contributed by atoms with E-state index >= 15 is 0 Å². The Hall–Kier alpha value is -2.70.